The molecule has 0 spiro atoms. The van der Waals surface area contributed by atoms with E-state index in [-0.39, 0.29) is 4.90 Å². The summed E-state index contributed by atoms with van der Waals surface area (Å²) in [6, 6.07) is 8.50. The lowest BCUT2D eigenvalue weighted by Gasteiger charge is -2.18. The van der Waals surface area contributed by atoms with Gasteiger partial charge < -0.3 is 9.47 Å². The lowest BCUT2D eigenvalue weighted by Crippen LogP contribution is -2.26. The highest BCUT2D eigenvalue weighted by molar-refractivity contribution is 9.11. The second-order valence-corrected chi connectivity index (χ2v) is 9.04. The maximum absolute atomic E-state index is 12.8. The van der Waals surface area contributed by atoms with Crippen LogP contribution in [0.25, 0.3) is 0 Å². The zero-order valence-corrected chi connectivity index (χ0v) is 15.6. The second kappa shape index (κ2) is 6.99. The Balaban J connectivity index is 2.36. The number of rotatable bonds is 6. The van der Waals surface area contributed by atoms with Crippen LogP contribution in [-0.4, -0.2) is 34.0 Å². The second-order valence-electron chi connectivity index (χ2n) is 4.48. The van der Waals surface area contributed by atoms with Gasteiger partial charge in [0, 0.05) is 24.5 Å². The minimum absolute atomic E-state index is 0.0903. The van der Waals surface area contributed by atoms with Crippen molar-refractivity contribution in [3.63, 3.8) is 0 Å². The molecule has 8 heteroatoms. The predicted molar refractivity (Wildman–Crippen MR) is 90.2 cm³/mol. The molecule has 0 aliphatic carbocycles. The third-order valence-corrected chi connectivity index (χ3v) is 6.50. The van der Waals surface area contributed by atoms with Gasteiger partial charge in [0.1, 0.15) is 16.4 Å². The Labute approximate surface area is 142 Å². The molecule has 0 bridgehead atoms. The van der Waals surface area contributed by atoms with Crippen LogP contribution in [0.4, 0.5) is 0 Å². The van der Waals surface area contributed by atoms with E-state index >= 15 is 0 Å². The fourth-order valence-electron chi connectivity index (χ4n) is 1.89. The standard InChI is InChI=1S/C14H16BrNO4S2/c1-16(9-11-5-7-14(15)21-11)22(17,18)13-8-10(19-2)4-6-12(13)20-3/h4-8H,9H2,1-3H3. The van der Waals surface area contributed by atoms with Crippen molar-refractivity contribution < 1.29 is 17.9 Å². The van der Waals surface area contributed by atoms with Crippen molar-refractivity contribution in [1.29, 1.82) is 0 Å². The highest BCUT2D eigenvalue weighted by Crippen LogP contribution is 2.31. The summed E-state index contributed by atoms with van der Waals surface area (Å²) in [5.41, 5.74) is 0. The molecule has 5 nitrogen and oxygen atoms in total. The third-order valence-electron chi connectivity index (χ3n) is 3.07. The molecule has 0 unspecified atom stereocenters. The third kappa shape index (κ3) is 3.62. The number of thiophene rings is 1. The van der Waals surface area contributed by atoms with Crippen LogP contribution in [0.1, 0.15) is 4.88 Å². The fourth-order valence-corrected chi connectivity index (χ4v) is 4.83. The first-order chi connectivity index (χ1) is 10.4. The molecule has 1 aromatic carbocycles. The van der Waals surface area contributed by atoms with Crippen molar-refractivity contribution in [1.82, 2.24) is 4.31 Å². The smallest absolute Gasteiger partial charge is 0.246 e. The van der Waals surface area contributed by atoms with Gasteiger partial charge in [-0.3, -0.25) is 0 Å². The van der Waals surface area contributed by atoms with Gasteiger partial charge in [0.25, 0.3) is 0 Å². The van der Waals surface area contributed by atoms with Crippen LogP contribution in [-0.2, 0) is 16.6 Å². The summed E-state index contributed by atoms with van der Waals surface area (Å²) in [4.78, 5) is 1.03. The molecule has 0 aliphatic heterocycles. The van der Waals surface area contributed by atoms with Crippen molar-refractivity contribution in [3.05, 3.63) is 39.0 Å². The molecule has 22 heavy (non-hydrogen) atoms. The molecule has 0 fully saturated rings. The quantitative estimate of drug-likeness (QED) is 0.739. The molecule has 0 saturated heterocycles. The number of halogens is 1. The zero-order valence-electron chi connectivity index (χ0n) is 12.4. The van der Waals surface area contributed by atoms with E-state index in [9.17, 15) is 8.42 Å². The average Bonchev–Trinajstić information content (AvgIpc) is 2.91. The van der Waals surface area contributed by atoms with Crippen molar-refractivity contribution in [2.24, 2.45) is 0 Å². The van der Waals surface area contributed by atoms with E-state index in [1.54, 1.807) is 19.2 Å². The molecule has 0 atom stereocenters. The minimum Gasteiger partial charge on any atom is -0.497 e. The zero-order chi connectivity index (χ0) is 16.3. The molecule has 0 amide bonds. The van der Waals surface area contributed by atoms with E-state index in [0.717, 1.165) is 8.66 Å². The Kier molecular flexibility index (Phi) is 5.49. The van der Waals surface area contributed by atoms with Gasteiger partial charge in [0.15, 0.2) is 0 Å². The largest absolute Gasteiger partial charge is 0.497 e. The first-order valence-corrected chi connectivity index (χ1v) is 9.36. The molecule has 0 saturated carbocycles. The van der Waals surface area contributed by atoms with Gasteiger partial charge in [-0.15, -0.1) is 11.3 Å². The molecule has 0 radical (unpaired) electrons. The minimum atomic E-state index is -3.68. The molecule has 2 rings (SSSR count). The summed E-state index contributed by atoms with van der Waals surface area (Å²) in [7, 11) is 0.793. The number of sulfonamides is 1. The van der Waals surface area contributed by atoms with Crippen LogP contribution in [0.2, 0.25) is 0 Å². The van der Waals surface area contributed by atoms with Crippen LogP contribution in [0.15, 0.2) is 39.0 Å². The molecule has 1 aromatic heterocycles. The molecule has 2 aromatic rings. The summed E-state index contributed by atoms with van der Waals surface area (Å²) >= 11 is 4.87. The first kappa shape index (κ1) is 17.3. The summed E-state index contributed by atoms with van der Waals surface area (Å²) in [5, 5.41) is 0. The maximum Gasteiger partial charge on any atom is 0.246 e. The molecular formula is C14H16BrNO4S2. The lowest BCUT2D eigenvalue weighted by atomic mass is 10.3. The first-order valence-electron chi connectivity index (χ1n) is 6.31. The predicted octanol–water partition coefficient (Wildman–Crippen LogP) is 3.35. The van der Waals surface area contributed by atoms with Crippen LogP contribution < -0.4 is 9.47 Å². The van der Waals surface area contributed by atoms with Gasteiger partial charge in [-0.05, 0) is 40.2 Å². The van der Waals surface area contributed by atoms with E-state index in [2.05, 4.69) is 15.9 Å². The number of ether oxygens (including phenoxy) is 2. The SMILES string of the molecule is COc1ccc(OC)c(S(=O)(=O)N(C)Cc2ccc(Br)s2)c1. The molecule has 120 valence electrons. The fraction of sp³-hybridized carbons (Fsp3) is 0.286. The highest BCUT2D eigenvalue weighted by atomic mass is 79.9. The van der Waals surface area contributed by atoms with Crippen molar-refractivity contribution >= 4 is 37.3 Å². The van der Waals surface area contributed by atoms with Gasteiger partial charge in [-0.2, -0.15) is 4.31 Å². The van der Waals surface area contributed by atoms with Gasteiger partial charge in [-0.25, -0.2) is 8.42 Å². The van der Waals surface area contributed by atoms with E-state index in [4.69, 9.17) is 9.47 Å². The summed E-state index contributed by atoms with van der Waals surface area (Å²) < 4.78 is 38.1. The normalized spacial score (nSPS) is 11.7. The van der Waals surface area contributed by atoms with E-state index in [0.29, 0.717) is 18.0 Å². The topological polar surface area (TPSA) is 55.8 Å². The van der Waals surface area contributed by atoms with Gasteiger partial charge in [-0.1, -0.05) is 0 Å². The number of nitrogens with zero attached hydrogens (tertiary/aromatic N) is 1. The number of hydrogen-bond acceptors (Lipinski definition) is 5. The Hall–Kier alpha value is -1.09. The Bertz CT molecular complexity index is 758. The molecule has 0 aliphatic rings. The van der Waals surface area contributed by atoms with Crippen LogP contribution in [0, 0.1) is 0 Å². The van der Waals surface area contributed by atoms with E-state index in [1.165, 1.54) is 35.9 Å². The average molecular weight is 406 g/mol. The van der Waals surface area contributed by atoms with E-state index in [1.807, 2.05) is 12.1 Å². The Morgan fingerprint density at radius 1 is 1.18 bits per heavy atom. The van der Waals surface area contributed by atoms with Crippen molar-refractivity contribution in [3.8, 4) is 11.5 Å². The van der Waals surface area contributed by atoms with E-state index < -0.39 is 10.0 Å². The van der Waals surface area contributed by atoms with Crippen molar-refractivity contribution in [2.45, 2.75) is 11.4 Å². The van der Waals surface area contributed by atoms with Crippen LogP contribution in [0.5, 0.6) is 11.5 Å². The number of benzene rings is 1. The number of hydrogen-bond donors (Lipinski definition) is 0. The van der Waals surface area contributed by atoms with Crippen LogP contribution >= 0.6 is 27.3 Å². The molecule has 1 heterocycles. The summed E-state index contributed by atoms with van der Waals surface area (Å²) in [6.45, 7) is 0.291. The van der Waals surface area contributed by atoms with Gasteiger partial charge in [0.2, 0.25) is 10.0 Å². The Morgan fingerprint density at radius 3 is 2.45 bits per heavy atom. The summed E-state index contributed by atoms with van der Waals surface area (Å²) in [6.07, 6.45) is 0. The monoisotopic (exact) mass is 405 g/mol. The van der Waals surface area contributed by atoms with Gasteiger partial charge >= 0.3 is 0 Å². The lowest BCUT2D eigenvalue weighted by molar-refractivity contribution is 0.388. The molecule has 0 N–H and O–H groups in total. The maximum atomic E-state index is 12.8. The highest BCUT2D eigenvalue weighted by Gasteiger charge is 2.26. The Morgan fingerprint density at radius 2 is 1.91 bits per heavy atom. The number of methoxy groups -OCH3 is 2. The van der Waals surface area contributed by atoms with Gasteiger partial charge in [0.05, 0.1) is 18.0 Å². The summed E-state index contributed by atoms with van der Waals surface area (Å²) in [5.74, 6) is 0.756. The van der Waals surface area contributed by atoms with Crippen LogP contribution in [0.3, 0.4) is 0 Å². The van der Waals surface area contributed by atoms with Crippen molar-refractivity contribution in [2.75, 3.05) is 21.3 Å². The molecular weight excluding hydrogens is 390 g/mol.